The smallest absolute Gasteiger partial charge is 0.122 e. The lowest BCUT2D eigenvalue weighted by Gasteiger charge is -2.10. The van der Waals surface area contributed by atoms with Crippen molar-refractivity contribution in [2.24, 2.45) is 0 Å². The van der Waals surface area contributed by atoms with Crippen LogP contribution >= 0.6 is 0 Å². The molecule has 0 N–H and O–H groups in total. The highest BCUT2D eigenvalue weighted by Crippen LogP contribution is 2.37. The lowest BCUT2D eigenvalue weighted by molar-refractivity contribution is 0.766. The molecule has 0 fully saturated rings. The summed E-state index contributed by atoms with van der Waals surface area (Å²) in [5.41, 5.74) is 13.4. The van der Waals surface area contributed by atoms with Crippen molar-refractivity contribution >= 4 is 11.0 Å². The second-order valence-electron chi connectivity index (χ2n) is 10.9. The molecule has 212 valence electrons. The molecule has 5 aromatic carbocycles. The molecular formula is C40H27N5. The zero-order valence-corrected chi connectivity index (χ0v) is 24.3. The van der Waals surface area contributed by atoms with Crippen LogP contribution in [0.1, 0.15) is 0 Å². The van der Waals surface area contributed by atoms with Gasteiger partial charge in [-0.25, -0.2) is 0 Å². The van der Waals surface area contributed by atoms with Gasteiger partial charge in [-0.1, -0.05) is 103 Å². The average Bonchev–Trinajstić information content (AvgIpc) is 3.58. The van der Waals surface area contributed by atoms with Crippen LogP contribution in [0, 0.1) is 0 Å². The number of hydrogen-bond acceptors (Lipinski definition) is 4. The maximum atomic E-state index is 5.11. The van der Waals surface area contributed by atoms with Crippen LogP contribution in [0.15, 0.2) is 164 Å². The summed E-state index contributed by atoms with van der Waals surface area (Å²) < 4.78 is 0. The molecule has 0 saturated carbocycles. The summed E-state index contributed by atoms with van der Waals surface area (Å²) in [6, 6.07) is 48.2. The first-order valence-corrected chi connectivity index (χ1v) is 14.9. The fraction of sp³-hybridized carbons (Fsp3) is 0. The third kappa shape index (κ3) is 5.17. The van der Waals surface area contributed by atoms with Gasteiger partial charge < -0.3 is 0 Å². The average molecular weight is 578 g/mol. The molecule has 0 saturated heterocycles. The van der Waals surface area contributed by atoms with Gasteiger partial charge in [-0.3, -0.25) is 9.97 Å². The van der Waals surface area contributed by atoms with E-state index in [1.165, 1.54) is 5.56 Å². The van der Waals surface area contributed by atoms with Gasteiger partial charge >= 0.3 is 0 Å². The number of aromatic nitrogens is 5. The summed E-state index contributed by atoms with van der Waals surface area (Å²) >= 11 is 0. The van der Waals surface area contributed by atoms with E-state index in [1.807, 2.05) is 30.6 Å². The summed E-state index contributed by atoms with van der Waals surface area (Å²) in [6.07, 6.45) is 7.37. The van der Waals surface area contributed by atoms with Crippen molar-refractivity contribution in [1.82, 2.24) is 25.0 Å². The van der Waals surface area contributed by atoms with Crippen LogP contribution in [0.4, 0.5) is 0 Å². The Kier molecular flexibility index (Phi) is 6.74. The van der Waals surface area contributed by atoms with E-state index >= 15 is 0 Å². The minimum atomic E-state index is 0.842. The zero-order valence-electron chi connectivity index (χ0n) is 24.3. The first-order valence-electron chi connectivity index (χ1n) is 14.9. The van der Waals surface area contributed by atoms with Crippen LogP contribution in [0.25, 0.3) is 72.4 Å². The molecule has 0 radical (unpaired) electrons. The number of benzene rings is 5. The summed E-state index contributed by atoms with van der Waals surface area (Å²) in [5.74, 6) is 0. The van der Waals surface area contributed by atoms with E-state index in [0.29, 0.717) is 0 Å². The molecule has 3 aromatic heterocycles. The fourth-order valence-electron chi connectivity index (χ4n) is 5.79. The Morgan fingerprint density at radius 2 is 0.822 bits per heavy atom. The van der Waals surface area contributed by atoms with Gasteiger partial charge in [0, 0.05) is 47.0 Å². The van der Waals surface area contributed by atoms with E-state index in [9.17, 15) is 0 Å². The van der Waals surface area contributed by atoms with E-state index in [0.717, 1.165) is 66.8 Å². The maximum Gasteiger partial charge on any atom is 0.122 e. The highest BCUT2D eigenvalue weighted by atomic mass is 15.5. The van der Waals surface area contributed by atoms with Gasteiger partial charge in [-0.15, -0.1) is 10.2 Å². The van der Waals surface area contributed by atoms with Crippen LogP contribution in [0.3, 0.4) is 0 Å². The Morgan fingerprint density at radius 3 is 1.33 bits per heavy atom. The van der Waals surface area contributed by atoms with Crippen molar-refractivity contribution in [3.63, 3.8) is 0 Å². The van der Waals surface area contributed by atoms with E-state index < -0.39 is 0 Å². The van der Waals surface area contributed by atoms with Crippen molar-refractivity contribution in [2.45, 2.75) is 0 Å². The molecule has 8 aromatic rings. The number of fused-ring (bicyclic) bond motifs is 1. The van der Waals surface area contributed by atoms with Crippen LogP contribution in [0.5, 0.6) is 0 Å². The van der Waals surface area contributed by atoms with E-state index in [4.69, 9.17) is 10.2 Å². The van der Waals surface area contributed by atoms with Crippen molar-refractivity contribution in [2.75, 3.05) is 0 Å². The number of pyridine rings is 2. The van der Waals surface area contributed by atoms with Gasteiger partial charge in [0.15, 0.2) is 0 Å². The molecule has 8 rings (SSSR count). The summed E-state index contributed by atoms with van der Waals surface area (Å²) in [7, 11) is 0. The van der Waals surface area contributed by atoms with Crippen LogP contribution in [-0.2, 0) is 0 Å². The molecule has 0 amide bonds. The van der Waals surface area contributed by atoms with E-state index in [2.05, 4.69) is 131 Å². The van der Waals surface area contributed by atoms with Crippen molar-refractivity contribution in [3.05, 3.63) is 164 Å². The van der Waals surface area contributed by atoms with Gasteiger partial charge in [0.2, 0.25) is 0 Å². The molecule has 0 unspecified atom stereocenters. The molecule has 0 bridgehead atoms. The van der Waals surface area contributed by atoms with Gasteiger partial charge in [0.1, 0.15) is 11.0 Å². The van der Waals surface area contributed by atoms with Gasteiger partial charge in [0.25, 0.3) is 0 Å². The second kappa shape index (κ2) is 11.5. The molecule has 0 atom stereocenters. The summed E-state index contributed by atoms with van der Waals surface area (Å²) in [5, 5.41) is 10.2. The van der Waals surface area contributed by atoms with Crippen molar-refractivity contribution in [3.8, 4) is 61.3 Å². The van der Waals surface area contributed by atoms with Gasteiger partial charge in [-0.2, -0.15) is 4.80 Å². The standard InChI is InChI=1S/C40H27N5/c1-2-8-28(9-3-1)29-16-18-36(19-17-29)45-43-39-37(32-12-4-10-30(24-32)34-14-6-22-41-26-34)20-21-38(40(39)44-45)33-13-5-11-31(25-33)35-15-7-23-42-27-35/h1-27H. The minimum absolute atomic E-state index is 0.842. The molecule has 0 aliphatic carbocycles. The number of nitrogens with zero attached hydrogens (tertiary/aromatic N) is 5. The topological polar surface area (TPSA) is 56.5 Å². The highest BCUT2D eigenvalue weighted by Gasteiger charge is 2.17. The first kappa shape index (κ1) is 26.4. The van der Waals surface area contributed by atoms with Crippen LogP contribution in [0.2, 0.25) is 0 Å². The monoisotopic (exact) mass is 577 g/mol. The summed E-state index contributed by atoms with van der Waals surface area (Å²) in [4.78, 5) is 10.4. The predicted octanol–water partition coefficient (Wildman–Crippen LogP) is 9.55. The van der Waals surface area contributed by atoms with Gasteiger partial charge in [-0.05, 0) is 69.8 Å². The molecule has 0 spiro atoms. The molecular weight excluding hydrogens is 550 g/mol. The van der Waals surface area contributed by atoms with Crippen molar-refractivity contribution < 1.29 is 0 Å². The molecule has 5 heteroatoms. The van der Waals surface area contributed by atoms with Gasteiger partial charge in [0.05, 0.1) is 5.69 Å². The fourth-order valence-corrected chi connectivity index (χ4v) is 5.79. The molecule has 5 nitrogen and oxygen atoms in total. The van der Waals surface area contributed by atoms with E-state index in [1.54, 1.807) is 17.2 Å². The van der Waals surface area contributed by atoms with Crippen molar-refractivity contribution in [1.29, 1.82) is 0 Å². The summed E-state index contributed by atoms with van der Waals surface area (Å²) in [6.45, 7) is 0. The van der Waals surface area contributed by atoms with Crippen LogP contribution in [-0.4, -0.2) is 25.0 Å². The van der Waals surface area contributed by atoms with Crippen LogP contribution < -0.4 is 0 Å². The predicted molar refractivity (Wildman–Crippen MR) is 182 cm³/mol. The second-order valence-corrected chi connectivity index (χ2v) is 10.9. The zero-order chi connectivity index (χ0) is 30.0. The third-order valence-corrected chi connectivity index (χ3v) is 8.08. The Labute approximate surface area is 261 Å². The highest BCUT2D eigenvalue weighted by molar-refractivity contribution is 6.01. The Bertz CT molecular complexity index is 2120. The lowest BCUT2D eigenvalue weighted by atomic mass is 9.94. The van der Waals surface area contributed by atoms with E-state index in [-0.39, 0.29) is 0 Å². The SMILES string of the molecule is c1ccc(-c2ccc(-n3nc4c(-c5cccc(-c6cccnc6)c5)ccc(-c5cccc(-c6cccnc6)c5)c4n3)cc2)cc1. The Balaban J connectivity index is 1.28. The molecule has 0 aliphatic heterocycles. The Morgan fingerprint density at radius 1 is 0.356 bits per heavy atom. The molecule has 3 heterocycles. The lowest BCUT2D eigenvalue weighted by Crippen LogP contribution is -1.98. The third-order valence-electron chi connectivity index (χ3n) is 8.08. The number of hydrogen-bond donors (Lipinski definition) is 0. The molecule has 0 aliphatic rings. The first-order chi connectivity index (χ1) is 22.3. The normalized spacial score (nSPS) is 11.1. The largest absolute Gasteiger partial charge is 0.264 e. The molecule has 45 heavy (non-hydrogen) atoms. The minimum Gasteiger partial charge on any atom is -0.264 e. The Hall–Kier alpha value is -6.20. The number of rotatable bonds is 6. The maximum absolute atomic E-state index is 5.11. The quantitative estimate of drug-likeness (QED) is 0.197.